The molecular formula is C21H20FN5OS. The predicted octanol–water partition coefficient (Wildman–Crippen LogP) is 4.41. The lowest BCUT2D eigenvalue weighted by Crippen LogP contribution is -2.30. The van der Waals surface area contributed by atoms with Crippen molar-refractivity contribution in [3.8, 4) is 11.8 Å². The third-order valence-electron chi connectivity index (χ3n) is 4.32. The first-order valence-electron chi connectivity index (χ1n) is 8.97. The maximum absolute atomic E-state index is 13.7. The Morgan fingerprint density at radius 1 is 1.24 bits per heavy atom. The number of hydrogen-bond donors (Lipinski definition) is 2. The predicted molar refractivity (Wildman–Crippen MR) is 112 cm³/mol. The van der Waals surface area contributed by atoms with Crippen LogP contribution in [0.5, 0.6) is 0 Å². The Morgan fingerprint density at radius 2 is 2.07 bits per heavy atom. The summed E-state index contributed by atoms with van der Waals surface area (Å²) in [4.78, 5) is 13.2. The summed E-state index contributed by atoms with van der Waals surface area (Å²) in [6.45, 7) is 4.65. The molecule has 0 saturated heterocycles. The number of carbonyl (C=O) groups excluding carboxylic acids is 1. The van der Waals surface area contributed by atoms with Crippen molar-refractivity contribution in [2.45, 2.75) is 18.7 Å². The van der Waals surface area contributed by atoms with E-state index in [9.17, 15) is 9.18 Å². The van der Waals surface area contributed by atoms with Crippen molar-refractivity contribution in [3.05, 3.63) is 71.2 Å². The fourth-order valence-electron chi connectivity index (χ4n) is 2.64. The van der Waals surface area contributed by atoms with Gasteiger partial charge in [-0.15, -0.1) is 16.9 Å². The Kier molecular flexibility index (Phi) is 6.52. The zero-order valence-corrected chi connectivity index (χ0v) is 16.9. The van der Waals surface area contributed by atoms with Gasteiger partial charge >= 0.3 is 6.03 Å². The molecule has 0 radical (unpaired) electrons. The number of nitriles is 1. The summed E-state index contributed by atoms with van der Waals surface area (Å²) in [6.07, 6.45) is 1.56. The Bertz CT molecular complexity index is 1070. The lowest BCUT2D eigenvalue weighted by Gasteiger charge is -2.07. The first-order valence-corrected chi connectivity index (χ1v) is 9.96. The van der Waals surface area contributed by atoms with E-state index in [0.717, 1.165) is 10.6 Å². The summed E-state index contributed by atoms with van der Waals surface area (Å²) in [6, 6.07) is 13.6. The molecule has 3 aromatic rings. The highest BCUT2D eigenvalue weighted by molar-refractivity contribution is 7.99. The number of halogens is 1. The van der Waals surface area contributed by atoms with Gasteiger partial charge in [-0.3, -0.25) is 5.32 Å². The van der Waals surface area contributed by atoms with E-state index in [4.69, 9.17) is 5.26 Å². The SMILES string of the molecule is Cc1ccc(SCCNC(=O)Nc2ccn(-c3cccc(F)c3C#N)n2)cc1C. The number of benzene rings is 2. The molecule has 0 unspecified atom stereocenters. The van der Waals surface area contributed by atoms with Gasteiger partial charge in [0.25, 0.3) is 0 Å². The van der Waals surface area contributed by atoms with Gasteiger partial charge in [0.1, 0.15) is 17.4 Å². The van der Waals surface area contributed by atoms with Crippen LogP contribution in [0, 0.1) is 31.0 Å². The number of aryl methyl sites for hydroxylation is 2. The van der Waals surface area contributed by atoms with Gasteiger partial charge in [-0.25, -0.2) is 13.9 Å². The monoisotopic (exact) mass is 409 g/mol. The van der Waals surface area contributed by atoms with Crippen LogP contribution in [0.4, 0.5) is 15.0 Å². The number of hydrogen-bond acceptors (Lipinski definition) is 4. The lowest BCUT2D eigenvalue weighted by atomic mass is 10.1. The lowest BCUT2D eigenvalue weighted by molar-refractivity contribution is 0.252. The minimum atomic E-state index is -0.617. The molecule has 0 saturated carbocycles. The summed E-state index contributed by atoms with van der Waals surface area (Å²) in [5.41, 5.74) is 2.71. The number of nitrogens with zero attached hydrogens (tertiary/aromatic N) is 3. The van der Waals surface area contributed by atoms with Gasteiger partial charge in [-0.2, -0.15) is 5.26 Å². The van der Waals surface area contributed by atoms with Gasteiger partial charge < -0.3 is 5.32 Å². The third kappa shape index (κ3) is 5.15. The molecule has 0 fully saturated rings. The second-order valence-corrected chi connectivity index (χ2v) is 7.54. The van der Waals surface area contributed by atoms with Gasteiger partial charge in [0.2, 0.25) is 0 Å². The van der Waals surface area contributed by atoms with Crippen LogP contribution in [-0.2, 0) is 0 Å². The molecule has 6 nitrogen and oxygen atoms in total. The normalized spacial score (nSPS) is 10.4. The zero-order valence-electron chi connectivity index (χ0n) is 16.1. The van der Waals surface area contributed by atoms with E-state index in [2.05, 4.69) is 47.8 Å². The molecule has 1 heterocycles. The number of urea groups is 1. The molecule has 2 amide bonds. The molecule has 0 bridgehead atoms. The Hall–Kier alpha value is -3.31. The number of rotatable bonds is 6. The Balaban J connectivity index is 1.51. The maximum atomic E-state index is 13.7. The van der Waals surface area contributed by atoms with E-state index < -0.39 is 5.82 Å². The van der Waals surface area contributed by atoms with Crippen molar-refractivity contribution in [2.24, 2.45) is 0 Å². The van der Waals surface area contributed by atoms with Crippen molar-refractivity contribution in [2.75, 3.05) is 17.6 Å². The number of thioether (sulfide) groups is 1. The molecule has 0 aliphatic heterocycles. The highest BCUT2D eigenvalue weighted by Gasteiger charge is 2.11. The second kappa shape index (κ2) is 9.26. The molecule has 0 aliphatic carbocycles. The van der Waals surface area contributed by atoms with Gasteiger partial charge in [0, 0.05) is 29.5 Å². The minimum Gasteiger partial charge on any atom is -0.337 e. The molecule has 0 atom stereocenters. The van der Waals surface area contributed by atoms with Crippen LogP contribution < -0.4 is 10.6 Å². The molecule has 0 spiro atoms. The number of aromatic nitrogens is 2. The number of amides is 2. The smallest absolute Gasteiger partial charge is 0.320 e. The number of anilines is 1. The van der Waals surface area contributed by atoms with E-state index in [1.165, 1.54) is 27.9 Å². The van der Waals surface area contributed by atoms with Gasteiger partial charge in [0.05, 0.1) is 5.69 Å². The topological polar surface area (TPSA) is 82.7 Å². The van der Waals surface area contributed by atoms with Gasteiger partial charge in [-0.05, 0) is 49.2 Å². The van der Waals surface area contributed by atoms with E-state index in [0.29, 0.717) is 18.1 Å². The molecule has 2 aromatic carbocycles. The fourth-order valence-corrected chi connectivity index (χ4v) is 3.50. The van der Waals surface area contributed by atoms with Crippen LogP contribution in [0.15, 0.2) is 53.6 Å². The van der Waals surface area contributed by atoms with Crippen LogP contribution in [0.1, 0.15) is 16.7 Å². The second-order valence-electron chi connectivity index (χ2n) is 6.37. The van der Waals surface area contributed by atoms with Crippen molar-refractivity contribution in [1.29, 1.82) is 5.26 Å². The summed E-state index contributed by atoms with van der Waals surface area (Å²) in [5.74, 6) is 0.422. The standard InChI is InChI=1S/C21H20FN5OS/c1-14-6-7-16(12-15(14)2)29-11-9-24-21(28)25-20-8-10-27(26-20)19-5-3-4-18(22)17(19)13-23/h3-8,10,12H,9,11H2,1-2H3,(H2,24,25,26,28). The van der Waals surface area contributed by atoms with Crippen molar-refractivity contribution in [3.63, 3.8) is 0 Å². The van der Waals surface area contributed by atoms with Gasteiger partial charge in [-0.1, -0.05) is 12.1 Å². The van der Waals surface area contributed by atoms with Gasteiger partial charge in [0.15, 0.2) is 5.82 Å². The molecule has 2 N–H and O–H groups in total. The first kappa shape index (κ1) is 20.4. The molecule has 148 valence electrons. The van der Waals surface area contributed by atoms with Crippen molar-refractivity contribution < 1.29 is 9.18 Å². The fraction of sp³-hybridized carbons (Fsp3) is 0.190. The highest BCUT2D eigenvalue weighted by Crippen LogP contribution is 2.20. The van der Waals surface area contributed by atoms with Crippen LogP contribution in [0.2, 0.25) is 0 Å². The van der Waals surface area contributed by atoms with Crippen molar-refractivity contribution >= 4 is 23.6 Å². The molecule has 1 aromatic heterocycles. The molecule has 8 heteroatoms. The Morgan fingerprint density at radius 3 is 2.83 bits per heavy atom. The van der Waals surface area contributed by atoms with Crippen LogP contribution >= 0.6 is 11.8 Å². The number of nitrogens with one attached hydrogen (secondary N) is 2. The highest BCUT2D eigenvalue weighted by atomic mass is 32.2. The summed E-state index contributed by atoms with van der Waals surface area (Å²) < 4.78 is 15.1. The largest absolute Gasteiger partial charge is 0.337 e. The maximum Gasteiger partial charge on any atom is 0.320 e. The minimum absolute atomic E-state index is 0.102. The van der Waals surface area contributed by atoms with E-state index in [1.54, 1.807) is 30.1 Å². The third-order valence-corrected chi connectivity index (χ3v) is 5.31. The molecular weight excluding hydrogens is 389 g/mol. The molecule has 0 aliphatic rings. The van der Waals surface area contributed by atoms with Crippen LogP contribution in [0.3, 0.4) is 0 Å². The van der Waals surface area contributed by atoms with E-state index in [-0.39, 0.29) is 11.6 Å². The summed E-state index contributed by atoms with van der Waals surface area (Å²) in [5, 5.41) is 18.7. The molecule has 29 heavy (non-hydrogen) atoms. The number of carbonyl (C=O) groups is 1. The van der Waals surface area contributed by atoms with Crippen molar-refractivity contribution in [1.82, 2.24) is 15.1 Å². The Labute approximate surface area is 172 Å². The quantitative estimate of drug-likeness (QED) is 0.467. The zero-order chi connectivity index (χ0) is 20.8. The van der Waals surface area contributed by atoms with Crippen LogP contribution in [-0.4, -0.2) is 28.1 Å². The average molecular weight is 409 g/mol. The van der Waals surface area contributed by atoms with Crippen LogP contribution in [0.25, 0.3) is 5.69 Å². The first-order chi connectivity index (χ1) is 14.0. The van der Waals surface area contributed by atoms with E-state index in [1.807, 2.05) is 6.07 Å². The average Bonchev–Trinajstić information content (AvgIpc) is 3.16. The van der Waals surface area contributed by atoms with E-state index >= 15 is 0 Å². The summed E-state index contributed by atoms with van der Waals surface area (Å²) in [7, 11) is 0. The summed E-state index contributed by atoms with van der Waals surface area (Å²) >= 11 is 1.67. The molecule has 3 rings (SSSR count).